The van der Waals surface area contributed by atoms with Gasteiger partial charge in [0.15, 0.2) is 0 Å². The van der Waals surface area contributed by atoms with E-state index in [-0.39, 0.29) is 11.7 Å². The Morgan fingerprint density at radius 3 is 2.80 bits per heavy atom. The first-order valence-electron chi connectivity index (χ1n) is 12.4. The maximum atomic E-state index is 13.4. The van der Waals surface area contributed by atoms with Crippen molar-refractivity contribution in [2.45, 2.75) is 12.8 Å². The number of hydrogen-bond acceptors (Lipinski definition) is 8. The van der Waals surface area contributed by atoms with Crippen LogP contribution in [-0.4, -0.2) is 78.7 Å². The molecule has 0 radical (unpaired) electrons. The fraction of sp³-hybridized carbons (Fsp3) is 0.423. The van der Waals surface area contributed by atoms with Crippen molar-refractivity contribution in [1.29, 1.82) is 0 Å². The summed E-state index contributed by atoms with van der Waals surface area (Å²) in [7, 11) is 2.15. The Bertz CT molecular complexity index is 1200. The Kier molecular flexibility index (Phi) is 6.96. The molecule has 5 rings (SSSR count). The third-order valence-corrected chi connectivity index (χ3v) is 6.75. The lowest BCUT2D eigenvalue weighted by Gasteiger charge is -2.30. The van der Waals surface area contributed by atoms with Gasteiger partial charge in [-0.2, -0.15) is 4.98 Å². The number of hydrogen-bond donors (Lipinski definition) is 4. The van der Waals surface area contributed by atoms with Gasteiger partial charge in [0.2, 0.25) is 5.95 Å². The van der Waals surface area contributed by atoms with Crippen molar-refractivity contribution in [3.05, 3.63) is 48.2 Å². The van der Waals surface area contributed by atoms with Crippen LogP contribution in [0.2, 0.25) is 0 Å². The second-order valence-electron chi connectivity index (χ2n) is 9.49. The number of nitrogens with one attached hydrogen (secondary N) is 3. The van der Waals surface area contributed by atoms with E-state index in [1.54, 1.807) is 18.2 Å². The van der Waals surface area contributed by atoms with E-state index in [0.29, 0.717) is 23.2 Å². The van der Waals surface area contributed by atoms with Crippen LogP contribution in [0, 0.1) is 5.92 Å². The third-order valence-electron chi connectivity index (χ3n) is 6.75. The van der Waals surface area contributed by atoms with Gasteiger partial charge in [0, 0.05) is 56.8 Å². The summed E-state index contributed by atoms with van der Waals surface area (Å²) < 4.78 is 0. The van der Waals surface area contributed by atoms with Crippen LogP contribution in [0.4, 0.5) is 17.5 Å². The van der Waals surface area contributed by atoms with Crippen molar-refractivity contribution in [3.63, 3.8) is 0 Å². The van der Waals surface area contributed by atoms with Gasteiger partial charge in [-0.25, -0.2) is 4.98 Å². The maximum absolute atomic E-state index is 13.4. The molecule has 1 atom stereocenters. The molecule has 2 aliphatic rings. The molecular weight excluding hydrogens is 442 g/mol. The number of carbonyl (C=O) groups is 1. The quantitative estimate of drug-likeness (QED) is 0.431. The predicted molar refractivity (Wildman–Crippen MR) is 139 cm³/mol. The summed E-state index contributed by atoms with van der Waals surface area (Å²) in [6.07, 6.45) is 2.36. The van der Waals surface area contributed by atoms with Crippen molar-refractivity contribution in [2.75, 3.05) is 68.4 Å². The Morgan fingerprint density at radius 2 is 1.97 bits per heavy atom. The van der Waals surface area contributed by atoms with Gasteiger partial charge in [-0.05, 0) is 43.8 Å². The van der Waals surface area contributed by atoms with Crippen molar-refractivity contribution in [3.8, 4) is 5.75 Å². The van der Waals surface area contributed by atoms with Gasteiger partial charge < -0.3 is 30.9 Å². The molecule has 184 valence electrons. The van der Waals surface area contributed by atoms with E-state index in [1.165, 1.54) is 12.8 Å². The van der Waals surface area contributed by atoms with E-state index in [2.05, 4.69) is 37.8 Å². The zero-order valence-corrected chi connectivity index (χ0v) is 20.1. The summed E-state index contributed by atoms with van der Waals surface area (Å²) >= 11 is 0. The number of phenolic OH excluding ortho intramolecular Hbond substituents is 1. The summed E-state index contributed by atoms with van der Waals surface area (Å²) in [5.74, 6) is 1.51. The van der Waals surface area contributed by atoms with Crippen LogP contribution in [0.3, 0.4) is 0 Å². The van der Waals surface area contributed by atoms with Crippen molar-refractivity contribution >= 4 is 34.1 Å². The largest absolute Gasteiger partial charge is 0.508 e. The molecule has 4 N–H and O–H groups in total. The van der Waals surface area contributed by atoms with E-state index >= 15 is 0 Å². The highest BCUT2D eigenvalue weighted by Gasteiger charge is 2.21. The Labute approximate surface area is 205 Å². The van der Waals surface area contributed by atoms with Crippen LogP contribution < -0.4 is 20.9 Å². The average molecular weight is 476 g/mol. The maximum Gasteiger partial charge on any atom is 0.274 e. The number of aromatic nitrogens is 2. The molecule has 2 saturated heterocycles. The van der Waals surface area contributed by atoms with Gasteiger partial charge in [0.25, 0.3) is 5.91 Å². The highest BCUT2D eigenvalue weighted by atomic mass is 16.3. The number of piperazine rings is 1. The second-order valence-corrected chi connectivity index (χ2v) is 9.49. The van der Waals surface area contributed by atoms with Crippen LogP contribution >= 0.6 is 0 Å². The smallest absolute Gasteiger partial charge is 0.274 e. The lowest BCUT2D eigenvalue weighted by atomic mass is 9.99. The fourth-order valence-electron chi connectivity index (χ4n) is 4.95. The standard InChI is InChI=1S/C26H33N7O2/c1-32-10-4-5-18(17-32)16-28-26-30-23(15-24(31-26)33-11-8-27-9-12-33)25(35)29-22-14-20(34)13-19-6-2-3-7-21(19)22/h2-3,6-7,13-15,18,27,34H,4-5,8-12,16-17H2,1H3,(H,29,35)(H,28,30,31). The number of anilines is 3. The first-order chi connectivity index (χ1) is 17.0. The Morgan fingerprint density at radius 1 is 1.14 bits per heavy atom. The van der Waals surface area contributed by atoms with Crippen LogP contribution in [0.1, 0.15) is 23.3 Å². The number of rotatable bonds is 6. The SMILES string of the molecule is CN1CCCC(CNc2nc(C(=O)Nc3cc(O)cc4ccccc34)cc(N3CCNCC3)n2)C1. The van der Waals surface area contributed by atoms with Gasteiger partial charge in [0.05, 0.1) is 5.69 Å². The monoisotopic (exact) mass is 475 g/mol. The van der Waals surface area contributed by atoms with Gasteiger partial charge >= 0.3 is 0 Å². The minimum Gasteiger partial charge on any atom is -0.508 e. The lowest BCUT2D eigenvalue weighted by molar-refractivity contribution is 0.102. The molecule has 9 nitrogen and oxygen atoms in total. The topological polar surface area (TPSA) is 106 Å². The number of nitrogens with zero attached hydrogens (tertiary/aromatic N) is 4. The molecular formula is C26H33N7O2. The van der Waals surface area contributed by atoms with Crippen LogP contribution in [-0.2, 0) is 0 Å². The molecule has 2 aromatic carbocycles. The molecule has 0 aliphatic carbocycles. The van der Waals surface area contributed by atoms with E-state index in [4.69, 9.17) is 4.98 Å². The van der Waals surface area contributed by atoms with Crippen molar-refractivity contribution < 1.29 is 9.90 Å². The summed E-state index contributed by atoms with van der Waals surface area (Å²) in [6.45, 7) is 6.34. The molecule has 35 heavy (non-hydrogen) atoms. The second kappa shape index (κ2) is 10.5. The summed E-state index contributed by atoms with van der Waals surface area (Å²) in [5, 5.41) is 21.6. The number of amides is 1. The van der Waals surface area contributed by atoms with Crippen LogP contribution in [0.5, 0.6) is 5.75 Å². The highest BCUT2D eigenvalue weighted by molar-refractivity contribution is 6.09. The predicted octanol–water partition coefficient (Wildman–Crippen LogP) is 2.75. The van der Waals surface area contributed by atoms with Gasteiger partial charge in [0.1, 0.15) is 17.3 Å². The summed E-state index contributed by atoms with van der Waals surface area (Å²) in [5.41, 5.74) is 0.844. The number of fused-ring (bicyclic) bond motifs is 1. The molecule has 3 heterocycles. The van der Waals surface area contributed by atoms with Crippen LogP contribution in [0.25, 0.3) is 10.8 Å². The molecule has 2 aliphatic heterocycles. The van der Waals surface area contributed by atoms with Crippen LogP contribution in [0.15, 0.2) is 42.5 Å². The molecule has 0 saturated carbocycles. The average Bonchev–Trinajstić information content (AvgIpc) is 2.88. The highest BCUT2D eigenvalue weighted by Crippen LogP contribution is 2.29. The van der Waals surface area contributed by atoms with Crippen molar-refractivity contribution in [1.82, 2.24) is 20.2 Å². The van der Waals surface area contributed by atoms with Gasteiger partial charge in [-0.3, -0.25) is 4.79 Å². The first kappa shape index (κ1) is 23.3. The number of likely N-dealkylation sites (tertiary alicyclic amines) is 1. The number of aromatic hydroxyl groups is 1. The fourth-order valence-corrected chi connectivity index (χ4v) is 4.95. The number of piperidine rings is 1. The number of carbonyl (C=O) groups excluding carboxylic acids is 1. The van der Waals surface area contributed by atoms with E-state index in [1.807, 2.05) is 24.3 Å². The van der Waals surface area contributed by atoms with Gasteiger partial charge in [-0.1, -0.05) is 24.3 Å². The molecule has 1 amide bonds. The summed E-state index contributed by atoms with van der Waals surface area (Å²) in [6, 6.07) is 12.6. The minimum absolute atomic E-state index is 0.1000. The molecule has 1 unspecified atom stereocenters. The van der Waals surface area contributed by atoms with E-state index in [9.17, 15) is 9.90 Å². The molecule has 9 heteroatoms. The van der Waals surface area contributed by atoms with Crippen molar-refractivity contribution in [2.24, 2.45) is 5.92 Å². The molecule has 3 aromatic rings. The lowest BCUT2D eigenvalue weighted by Crippen LogP contribution is -2.44. The Balaban J connectivity index is 1.40. The normalized spacial score (nSPS) is 19.0. The molecule has 1 aromatic heterocycles. The minimum atomic E-state index is -0.333. The van der Waals surface area contributed by atoms with E-state index < -0.39 is 0 Å². The molecule has 0 spiro atoms. The molecule has 0 bridgehead atoms. The number of benzene rings is 2. The van der Waals surface area contributed by atoms with E-state index in [0.717, 1.165) is 62.4 Å². The third kappa shape index (κ3) is 5.63. The number of phenols is 1. The summed E-state index contributed by atoms with van der Waals surface area (Å²) in [4.78, 5) is 27.2. The van der Waals surface area contributed by atoms with Gasteiger partial charge in [-0.15, -0.1) is 0 Å². The molecule has 2 fully saturated rings. The first-order valence-corrected chi connectivity index (χ1v) is 12.4. The zero-order valence-electron chi connectivity index (χ0n) is 20.1. The Hall–Kier alpha value is -3.43. The zero-order chi connectivity index (χ0) is 24.2.